The number of hydrogen-bond donors (Lipinski definition) is 0. The zero-order chi connectivity index (χ0) is 21.3. The second-order valence-electron chi connectivity index (χ2n) is 7.17. The summed E-state index contributed by atoms with van der Waals surface area (Å²) in [5.41, 5.74) is 4.06. The maximum atomic E-state index is 13.4. The average molecular weight is 421 g/mol. The highest BCUT2D eigenvalue weighted by Crippen LogP contribution is 2.33. The molecule has 0 atom stereocenters. The zero-order valence-electron chi connectivity index (χ0n) is 17.0. The Morgan fingerprint density at radius 3 is 2.27 bits per heavy atom. The minimum Gasteiger partial charge on any atom is -0.497 e. The summed E-state index contributed by atoms with van der Waals surface area (Å²) in [4.78, 5) is 13.4. The van der Waals surface area contributed by atoms with Gasteiger partial charge in [0.15, 0.2) is 5.76 Å². The molecule has 4 rings (SSSR count). The predicted octanol–water partition coefficient (Wildman–Crippen LogP) is 6.32. The van der Waals surface area contributed by atoms with Crippen molar-refractivity contribution in [2.75, 3.05) is 7.11 Å². The second kappa shape index (κ2) is 8.25. The molecular weight excluding hydrogens is 400 g/mol. The first kappa shape index (κ1) is 20.0. The number of aryl methyl sites for hydroxylation is 2. The Kier molecular flexibility index (Phi) is 5.51. The lowest BCUT2D eigenvalue weighted by molar-refractivity contribution is 0.298. The molecule has 0 radical (unpaired) electrons. The molecule has 30 heavy (non-hydrogen) atoms. The van der Waals surface area contributed by atoms with E-state index in [-0.39, 0.29) is 17.8 Å². The van der Waals surface area contributed by atoms with Crippen LogP contribution in [0.2, 0.25) is 5.02 Å². The van der Waals surface area contributed by atoms with E-state index < -0.39 is 0 Å². The maximum absolute atomic E-state index is 13.4. The normalized spacial score (nSPS) is 10.9. The first-order valence-corrected chi connectivity index (χ1v) is 9.94. The molecule has 0 fully saturated rings. The van der Waals surface area contributed by atoms with Crippen molar-refractivity contribution in [1.82, 2.24) is 0 Å². The van der Waals surface area contributed by atoms with Crippen LogP contribution in [0, 0.1) is 13.8 Å². The van der Waals surface area contributed by atoms with Gasteiger partial charge in [-0.3, -0.25) is 4.79 Å². The van der Waals surface area contributed by atoms with E-state index in [0.717, 1.165) is 28.0 Å². The van der Waals surface area contributed by atoms with Crippen molar-refractivity contribution in [3.8, 4) is 22.8 Å². The summed E-state index contributed by atoms with van der Waals surface area (Å²) in [6.45, 7) is 4.19. The van der Waals surface area contributed by atoms with Gasteiger partial charge in [-0.1, -0.05) is 23.7 Å². The van der Waals surface area contributed by atoms with E-state index in [4.69, 9.17) is 25.5 Å². The van der Waals surface area contributed by atoms with E-state index in [9.17, 15) is 4.79 Å². The lowest BCUT2D eigenvalue weighted by atomic mass is 10.0. The standard InChI is InChI=1S/C25H21ClO4/c1-15-12-21-22(13-16(15)2)30-24(18-6-10-20(28-3)11-7-18)25(23(21)27)29-14-17-4-8-19(26)9-5-17/h4-13H,14H2,1-3H3. The van der Waals surface area contributed by atoms with E-state index in [1.807, 2.05) is 62.4 Å². The molecule has 1 heterocycles. The first-order chi connectivity index (χ1) is 14.5. The third-order valence-electron chi connectivity index (χ3n) is 5.11. The van der Waals surface area contributed by atoms with Gasteiger partial charge in [-0.05, 0) is 79.1 Å². The summed E-state index contributed by atoms with van der Waals surface area (Å²) < 4.78 is 17.4. The van der Waals surface area contributed by atoms with E-state index in [1.54, 1.807) is 19.2 Å². The van der Waals surface area contributed by atoms with Gasteiger partial charge in [-0.2, -0.15) is 0 Å². The molecule has 1 aromatic heterocycles. The average Bonchev–Trinajstić information content (AvgIpc) is 2.76. The van der Waals surface area contributed by atoms with Crippen LogP contribution in [0.4, 0.5) is 0 Å². The number of rotatable bonds is 5. The molecule has 0 bridgehead atoms. The summed E-state index contributed by atoms with van der Waals surface area (Å²) in [5.74, 6) is 1.30. The molecule has 0 unspecified atom stereocenters. The Hall–Kier alpha value is -3.24. The predicted molar refractivity (Wildman–Crippen MR) is 120 cm³/mol. The van der Waals surface area contributed by atoms with E-state index in [1.165, 1.54) is 0 Å². The number of methoxy groups -OCH3 is 1. The van der Waals surface area contributed by atoms with Crippen LogP contribution < -0.4 is 14.9 Å². The smallest absolute Gasteiger partial charge is 0.235 e. The van der Waals surface area contributed by atoms with Gasteiger partial charge in [0.05, 0.1) is 12.5 Å². The van der Waals surface area contributed by atoms with Crippen LogP contribution >= 0.6 is 11.6 Å². The monoisotopic (exact) mass is 420 g/mol. The van der Waals surface area contributed by atoms with Crippen LogP contribution in [0.25, 0.3) is 22.3 Å². The minimum atomic E-state index is -0.195. The van der Waals surface area contributed by atoms with Crippen LogP contribution in [0.1, 0.15) is 16.7 Å². The Labute approximate surface area is 179 Å². The summed E-state index contributed by atoms with van der Waals surface area (Å²) in [6, 6.07) is 18.4. The number of hydrogen-bond acceptors (Lipinski definition) is 4. The van der Waals surface area contributed by atoms with Crippen LogP contribution in [0.15, 0.2) is 69.9 Å². The third-order valence-corrected chi connectivity index (χ3v) is 5.37. The first-order valence-electron chi connectivity index (χ1n) is 9.56. The van der Waals surface area contributed by atoms with Crippen molar-refractivity contribution in [2.24, 2.45) is 0 Å². The quantitative estimate of drug-likeness (QED) is 0.379. The van der Waals surface area contributed by atoms with Crippen LogP contribution in [-0.2, 0) is 6.61 Å². The maximum Gasteiger partial charge on any atom is 0.235 e. The van der Waals surface area contributed by atoms with Crippen molar-refractivity contribution in [2.45, 2.75) is 20.5 Å². The molecule has 0 saturated heterocycles. The molecular formula is C25H21ClO4. The fraction of sp³-hybridized carbons (Fsp3) is 0.160. The Morgan fingerprint density at radius 2 is 1.60 bits per heavy atom. The largest absolute Gasteiger partial charge is 0.497 e. The highest BCUT2D eigenvalue weighted by Gasteiger charge is 2.19. The fourth-order valence-electron chi connectivity index (χ4n) is 3.23. The molecule has 4 aromatic rings. The molecule has 152 valence electrons. The Balaban J connectivity index is 1.85. The third kappa shape index (κ3) is 3.91. The van der Waals surface area contributed by atoms with Gasteiger partial charge >= 0.3 is 0 Å². The SMILES string of the molecule is COc1ccc(-c2oc3cc(C)c(C)cc3c(=O)c2OCc2ccc(Cl)cc2)cc1. The number of ether oxygens (including phenoxy) is 2. The Bertz CT molecular complexity index is 1260. The van der Waals surface area contributed by atoms with Gasteiger partial charge in [0, 0.05) is 10.6 Å². The molecule has 4 nitrogen and oxygen atoms in total. The number of fused-ring (bicyclic) bond motifs is 1. The van der Waals surface area contributed by atoms with Gasteiger partial charge in [0.1, 0.15) is 17.9 Å². The van der Waals surface area contributed by atoms with Crippen LogP contribution in [0.5, 0.6) is 11.5 Å². The molecule has 0 aliphatic heterocycles. The van der Waals surface area contributed by atoms with Crippen molar-refractivity contribution < 1.29 is 13.9 Å². The molecule has 0 aliphatic carbocycles. The molecule has 5 heteroatoms. The van der Waals surface area contributed by atoms with Crippen molar-refractivity contribution in [3.05, 3.63) is 92.6 Å². The second-order valence-corrected chi connectivity index (χ2v) is 7.60. The Morgan fingerprint density at radius 1 is 0.933 bits per heavy atom. The van der Waals surface area contributed by atoms with Crippen molar-refractivity contribution >= 4 is 22.6 Å². The van der Waals surface area contributed by atoms with Gasteiger partial charge in [0.25, 0.3) is 0 Å². The number of benzene rings is 3. The molecule has 0 saturated carbocycles. The molecule has 0 aliphatic rings. The lowest BCUT2D eigenvalue weighted by Gasteiger charge is -2.13. The van der Waals surface area contributed by atoms with Gasteiger partial charge < -0.3 is 13.9 Å². The lowest BCUT2D eigenvalue weighted by Crippen LogP contribution is -2.10. The summed E-state index contributed by atoms with van der Waals surface area (Å²) >= 11 is 5.96. The molecule has 0 amide bonds. The summed E-state index contributed by atoms with van der Waals surface area (Å²) in [6.07, 6.45) is 0. The summed E-state index contributed by atoms with van der Waals surface area (Å²) in [7, 11) is 1.61. The van der Waals surface area contributed by atoms with Crippen LogP contribution in [-0.4, -0.2) is 7.11 Å². The van der Waals surface area contributed by atoms with E-state index >= 15 is 0 Å². The van der Waals surface area contributed by atoms with Crippen LogP contribution in [0.3, 0.4) is 0 Å². The fourth-order valence-corrected chi connectivity index (χ4v) is 3.36. The number of halogens is 1. The van der Waals surface area contributed by atoms with E-state index in [2.05, 4.69) is 0 Å². The van der Waals surface area contributed by atoms with E-state index in [0.29, 0.717) is 21.8 Å². The topological polar surface area (TPSA) is 48.7 Å². The molecule has 3 aromatic carbocycles. The van der Waals surface area contributed by atoms with Gasteiger partial charge in [-0.25, -0.2) is 0 Å². The van der Waals surface area contributed by atoms with Gasteiger partial charge in [0.2, 0.25) is 11.2 Å². The highest BCUT2D eigenvalue weighted by molar-refractivity contribution is 6.30. The van der Waals surface area contributed by atoms with Gasteiger partial charge in [-0.15, -0.1) is 0 Å². The highest BCUT2D eigenvalue weighted by atomic mass is 35.5. The molecule has 0 spiro atoms. The minimum absolute atomic E-state index is 0.186. The molecule has 0 N–H and O–H groups in total. The van der Waals surface area contributed by atoms with Crippen molar-refractivity contribution in [3.63, 3.8) is 0 Å². The van der Waals surface area contributed by atoms with Crippen molar-refractivity contribution in [1.29, 1.82) is 0 Å². The summed E-state index contributed by atoms with van der Waals surface area (Å²) in [5, 5.41) is 1.15. The zero-order valence-corrected chi connectivity index (χ0v) is 17.7.